The highest BCUT2D eigenvalue weighted by atomic mass is 32.1. The van der Waals surface area contributed by atoms with Crippen molar-refractivity contribution in [3.8, 4) is 0 Å². The molecule has 35 heavy (non-hydrogen) atoms. The summed E-state index contributed by atoms with van der Waals surface area (Å²) in [4.78, 5) is 35.7. The van der Waals surface area contributed by atoms with E-state index in [-0.39, 0.29) is 29.8 Å². The zero-order valence-electron chi connectivity index (χ0n) is 20.8. The zero-order valence-corrected chi connectivity index (χ0v) is 21.6. The molecule has 2 amide bonds. The summed E-state index contributed by atoms with van der Waals surface area (Å²) in [5.74, 6) is -0.250. The molecule has 3 heterocycles. The van der Waals surface area contributed by atoms with Gasteiger partial charge in [0.1, 0.15) is 0 Å². The number of fused-ring (bicyclic) bond motifs is 1. The second-order valence-electron chi connectivity index (χ2n) is 10.1. The molecule has 0 radical (unpaired) electrons. The molecular formula is C28H38N4O2S. The molecule has 2 atom stereocenters. The summed E-state index contributed by atoms with van der Waals surface area (Å²) in [5, 5.41) is 5.32. The molecule has 2 unspecified atom stereocenters. The minimum atomic E-state index is -0.378. The standard InChI is InChI=1S/C28H38N4O2S/c1-2-30-16-18-31(19-17-30)15-8-14-29-27(33)25-22-11-5-6-12-23(22)28(34)32(21-9-3-4-10-21)26(25)24-13-7-20-35-24/h5-7,11-13,20-21,25-26H,2-4,8-10,14-19H2,1H3,(H,29,33). The monoisotopic (exact) mass is 494 g/mol. The average molecular weight is 495 g/mol. The lowest BCUT2D eigenvalue weighted by molar-refractivity contribution is -0.124. The van der Waals surface area contributed by atoms with Gasteiger partial charge in [0, 0.05) is 49.2 Å². The average Bonchev–Trinajstić information content (AvgIpc) is 3.61. The first-order chi connectivity index (χ1) is 17.2. The Hall–Kier alpha value is -2.22. The first kappa shape index (κ1) is 24.5. The molecule has 1 N–H and O–H groups in total. The predicted octanol–water partition coefficient (Wildman–Crippen LogP) is 4.12. The van der Waals surface area contributed by atoms with E-state index in [1.165, 1.54) is 0 Å². The van der Waals surface area contributed by atoms with Crippen molar-refractivity contribution < 1.29 is 9.59 Å². The molecule has 0 bridgehead atoms. The fourth-order valence-electron chi connectivity index (χ4n) is 6.13. The van der Waals surface area contributed by atoms with Crippen LogP contribution in [0.15, 0.2) is 41.8 Å². The van der Waals surface area contributed by atoms with Crippen molar-refractivity contribution in [3.63, 3.8) is 0 Å². The normalized spacial score (nSPS) is 24.0. The molecule has 6 nitrogen and oxygen atoms in total. The molecule has 2 aliphatic heterocycles. The highest BCUT2D eigenvalue weighted by molar-refractivity contribution is 7.10. The first-order valence-electron chi connectivity index (χ1n) is 13.3. The lowest BCUT2D eigenvalue weighted by Gasteiger charge is -2.44. The molecule has 188 valence electrons. The maximum Gasteiger partial charge on any atom is 0.254 e. The van der Waals surface area contributed by atoms with E-state index in [2.05, 4.69) is 38.4 Å². The SMILES string of the molecule is CCN1CCN(CCCNC(=O)C2c3ccccc3C(=O)N(C3CCCC3)C2c2cccs2)CC1. The minimum absolute atomic E-state index is 0.0437. The summed E-state index contributed by atoms with van der Waals surface area (Å²) in [6, 6.07) is 11.9. The van der Waals surface area contributed by atoms with Crippen LogP contribution in [-0.2, 0) is 4.79 Å². The van der Waals surface area contributed by atoms with Crippen molar-refractivity contribution >= 4 is 23.2 Å². The number of nitrogens with zero attached hydrogens (tertiary/aromatic N) is 3. The van der Waals surface area contributed by atoms with E-state index in [4.69, 9.17) is 0 Å². The molecule has 1 aromatic heterocycles. The Morgan fingerprint density at radius 2 is 1.77 bits per heavy atom. The number of thiophene rings is 1. The fourth-order valence-corrected chi connectivity index (χ4v) is 6.99. The van der Waals surface area contributed by atoms with E-state index in [1.54, 1.807) is 11.3 Å². The van der Waals surface area contributed by atoms with Crippen molar-refractivity contribution in [1.82, 2.24) is 20.0 Å². The van der Waals surface area contributed by atoms with Crippen LogP contribution in [0, 0.1) is 0 Å². The Bertz CT molecular complexity index is 996. The molecule has 7 heteroatoms. The summed E-state index contributed by atoms with van der Waals surface area (Å²) in [5.41, 5.74) is 1.57. The van der Waals surface area contributed by atoms with Gasteiger partial charge < -0.3 is 20.0 Å². The lowest BCUT2D eigenvalue weighted by Crippen LogP contribution is -2.51. The molecule has 5 rings (SSSR count). The Labute approximate surface area is 213 Å². The number of hydrogen-bond donors (Lipinski definition) is 1. The van der Waals surface area contributed by atoms with Crippen molar-refractivity contribution in [2.75, 3.05) is 45.8 Å². The quantitative estimate of drug-likeness (QED) is 0.561. The summed E-state index contributed by atoms with van der Waals surface area (Å²) in [6.07, 6.45) is 5.29. The molecule has 1 aromatic carbocycles. The van der Waals surface area contributed by atoms with Crippen LogP contribution >= 0.6 is 11.3 Å². The fraction of sp³-hybridized carbons (Fsp3) is 0.571. The van der Waals surface area contributed by atoms with E-state index in [1.807, 2.05) is 30.3 Å². The van der Waals surface area contributed by atoms with Gasteiger partial charge in [0.2, 0.25) is 5.91 Å². The molecular weight excluding hydrogens is 456 g/mol. The van der Waals surface area contributed by atoms with E-state index in [9.17, 15) is 9.59 Å². The van der Waals surface area contributed by atoms with Crippen molar-refractivity contribution in [2.45, 2.75) is 57.0 Å². The molecule has 3 aliphatic rings. The van der Waals surface area contributed by atoms with Crippen molar-refractivity contribution in [1.29, 1.82) is 0 Å². The van der Waals surface area contributed by atoms with E-state index in [0.717, 1.165) is 81.8 Å². The summed E-state index contributed by atoms with van der Waals surface area (Å²) in [6.45, 7) is 9.51. The maximum absolute atomic E-state index is 13.8. The third-order valence-electron chi connectivity index (χ3n) is 8.07. The van der Waals surface area contributed by atoms with Crippen LogP contribution in [0.3, 0.4) is 0 Å². The lowest BCUT2D eigenvalue weighted by atomic mass is 9.80. The number of nitrogens with one attached hydrogen (secondary N) is 1. The molecule has 1 saturated heterocycles. The second kappa shape index (κ2) is 11.2. The first-order valence-corrected chi connectivity index (χ1v) is 14.2. The van der Waals surface area contributed by atoms with Gasteiger partial charge in [0.25, 0.3) is 5.91 Å². The van der Waals surface area contributed by atoms with Gasteiger partial charge in [-0.25, -0.2) is 0 Å². The molecule has 0 spiro atoms. The Morgan fingerprint density at radius 3 is 2.49 bits per heavy atom. The number of likely N-dealkylation sites (N-methyl/N-ethyl adjacent to an activating group) is 1. The van der Waals surface area contributed by atoms with E-state index < -0.39 is 0 Å². The molecule has 1 saturated carbocycles. The Balaban J connectivity index is 1.33. The Kier molecular flexibility index (Phi) is 7.85. The topological polar surface area (TPSA) is 55.9 Å². The number of benzene rings is 1. The van der Waals surface area contributed by atoms with E-state index in [0.29, 0.717) is 12.1 Å². The van der Waals surface area contributed by atoms with Gasteiger partial charge in [0.05, 0.1) is 12.0 Å². The van der Waals surface area contributed by atoms with Gasteiger partial charge in [-0.15, -0.1) is 11.3 Å². The van der Waals surface area contributed by atoms with E-state index >= 15 is 0 Å². The van der Waals surface area contributed by atoms with Gasteiger partial charge in [-0.2, -0.15) is 0 Å². The number of carbonyl (C=O) groups excluding carboxylic acids is 2. The molecule has 2 aromatic rings. The van der Waals surface area contributed by atoms with Gasteiger partial charge >= 0.3 is 0 Å². The Morgan fingerprint density at radius 1 is 1.03 bits per heavy atom. The molecule has 2 fully saturated rings. The third-order valence-corrected chi connectivity index (χ3v) is 9.02. The highest BCUT2D eigenvalue weighted by Gasteiger charge is 2.47. The number of rotatable bonds is 8. The number of hydrogen-bond acceptors (Lipinski definition) is 5. The largest absolute Gasteiger partial charge is 0.355 e. The molecule has 1 aliphatic carbocycles. The van der Waals surface area contributed by atoms with Crippen LogP contribution in [0.4, 0.5) is 0 Å². The highest BCUT2D eigenvalue weighted by Crippen LogP contribution is 2.47. The number of carbonyl (C=O) groups is 2. The van der Waals surface area contributed by atoms with Crippen LogP contribution in [0.2, 0.25) is 0 Å². The van der Waals surface area contributed by atoms with Crippen LogP contribution in [0.5, 0.6) is 0 Å². The predicted molar refractivity (Wildman–Crippen MR) is 141 cm³/mol. The van der Waals surface area contributed by atoms with Gasteiger partial charge in [0.15, 0.2) is 0 Å². The van der Waals surface area contributed by atoms with Crippen molar-refractivity contribution in [2.24, 2.45) is 0 Å². The second-order valence-corrected chi connectivity index (χ2v) is 11.1. The van der Waals surface area contributed by atoms with Crippen molar-refractivity contribution in [3.05, 3.63) is 57.8 Å². The summed E-state index contributed by atoms with van der Waals surface area (Å²) in [7, 11) is 0. The zero-order chi connectivity index (χ0) is 24.2. The summed E-state index contributed by atoms with van der Waals surface area (Å²) < 4.78 is 0. The summed E-state index contributed by atoms with van der Waals surface area (Å²) >= 11 is 1.65. The van der Waals surface area contributed by atoms with Gasteiger partial charge in [-0.05, 0) is 55.4 Å². The number of piperazine rings is 1. The number of amides is 2. The maximum atomic E-state index is 13.8. The van der Waals surface area contributed by atoms with Crippen LogP contribution in [-0.4, -0.2) is 78.4 Å². The minimum Gasteiger partial charge on any atom is -0.355 e. The van der Waals surface area contributed by atoms with Crippen LogP contribution < -0.4 is 5.32 Å². The smallest absolute Gasteiger partial charge is 0.254 e. The van der Waals surface area contributed by atoms with Crippen LogP contribution in [0.25, 0.3) is 0 Å². The third kappa shape index (κ3) is 5.18. The van der Waals surface area contributed by atoms with Gasteiger partial charge in [-0.3, -0.25) is 9.59 Å². The van der Waals surface area contributed by atoms with Gasteiger partial charge in [-0.1, -0.05) is 44.0 Å². The van der Waals surface area contributed by atoms with Crippen LogP contribution in [0.1, 0.15) is 71.8 Å².